The molecule has 0 aromatic heterocycles. The molecular formula is C10H19N3O3. The van der Waals surface area contributed by atoms with Gasteiger partial charge < -0.3 is 20.5 Å². The van der Waals surface area contributed by atoms with Crippen molar-refractivity contribution in [2.24, 2.45) is 5.92 Å². The van der Waals surface area contributed by atoms with E-state index < -0.39 is 6.23 Å². The van der Waals surface area contributed by atoms with Gasteiger partial charge >= 0.3 is 6.03 Å². The maximum Gasteiger partial charge on any atom is 0.321 e. The van der Waals surface area contributed by atoms with E-state index in [2.05, 4.69) is 10.6 Å². The summed E-state index contributed by atoms with van der Waals surface area (Å²) in [5.74, 6) is 0.0125. The molecule has 0 radical (unpaired) electrons. The molecule has 6 nitrogen and oxygen atoms in total. The highest BCUT2D eigenvalue weighted by atomic mass is 16.5. The lowest BCUT2D eigenvalue weighted by Gasteiger charge is -2.42. The molecule has 0 spiro atoms. The van der Waals surface area contributed by atoms with Crippen LogP contribution in [0.4, 0.5) is 4.79 Å². The zero-order valence-corrected chi connectivity index (χ0v) is 9.64. The molecule has 2 rings (SSSR count). The molecule has 4 unspecified atom stereocenters. The van der Waals surface area contributed by atoms with Crippen molar-refractivity contribution in [3.05, 3.63) is 0 Å². The number of amides is 2. The van der Waals surface area contributed by atoms with E-state index in [1.807, 2.05) is 13.8 Å². The van der Waals surface area contributed by atoms with Crippen molar-refractivity contribution in [2.75, 3.05) is 19.6 Å². The number of aliphatic hydroxyl groups excluding tert-OH is 1. The number of nitrogens with zero attached hydrogens (tertiary/aromatic N) is 1. The quantitative estimate of drug-likeness (QED) is 0.556. The molecule has 2 aliphatic heterocycles. The van der Waals surface area contributed by atoms with Gasteiger partial charge in [-0.25, -0.2) is 4.79 Å². The van der Waals surface area contributed by atoms with Crippen LogP contribution >= 0.6 is 0 Å². The van der Waals surface area contributed by atoms with Crippen molar-refractivity contribution >= 4 is 6.03 Å². The van der Waals surface area contributed by atoms with Gasteiger partial charge in [0, 0.05) is 25.6 Å². The first-order chi connectivity index (χ1) is 7.58. The fraction of sp³-hybridized carbons (Fsp3) is 0.900. The topological polar surface area (TPSA) is 73.8 Å². The smallest absolute Gasteiger partial charge is 0.321 e. The molecule has 92 valence electrons. The minimum absolute atomic E-state index is 0.0125. The minimum atomic E-state index is -0.752. The monoisotopic (exact) mass is 229 g/mol. The SMILES string of the molecule is CC1CNCC(N2CC(C)C(O)NC2=O)O1. The van der Waals surface area contributed by atoms with Crippen LogP contribution in [0.3, 0.4) is 0 Å². The fourth-order valence-corrected chi connectivity index (χ4v) is 2.05. The average molecular weight is 229 g/mol. The van der Waals surface area contributed by atoms with E-state index in [4.69, 9.17) is 4.74 Å². The molecule has 2 fully saturated rings. The predicted octanol–water partition coefficient (Wildman–Crippen LogP) is -0.699. The summed E-state index contributed by atoms with van der Waals surface area (Å²) < 4.78 is 5.70. The first kappa shape index (κ1) is 11.6. The molecule has 0 bridgehead atoms. The summed E-state index contributed by atoms with van der Waals surface area (Å²) >= 11 is 0. The van der Waals surface area contributed by atoms with Crippen molar-refractivity contribution < 1.29 is 14.6 Å². The summed E-state index contributed by atoms with van der Waals surface area (Å²) in [5.41, 5.74) is 0. The van der Waals surface area contributed by atoms with Gasteiger partial charge in [0.05, 0.1) is 6.10 Å². The van der Waals surface area contributed by atoms with Gasteiger partial charge in [-0.3, -0.25) is 4.90 Å². The number of hydrogen-bond acceptors (Lipinski definition) is 4. The summed E-state index contributed by atoms with van der Waals surface area (Å²) in [6, 6.07) is -0.258. The van der Waals surface area contributed by atoms with E-state index in [1.165, 1.54) is 0 Å². The Kier molecular flexibility index (Phi) is 3.32. The molecular weight excluding hydrogens is 210 g/mol. The normalized spacial score (nSPS) is 40.7. The van der Waals surface area contributed by atoms with Crippen molar-refractivity contribution in [1.29, 1.82) is 0 Å². The van der Waals surface area contributed by atoms with Crippen LogP contribution in [0.1, 0.15) is 13.8 Å². The van der Waals surface area contributed by atoms with Gasteiger partial charge in [-0.15, -0.1) is 0 Å². The zero-order valence-electron chi connectivity index (χ0n) is 9.64. The lowest BCUT2D eigenvalue weighted by atomic mass is 10.1. The highest BCUT2D eigenvalue weighted by Crippen LogP contribution is 2.16. The molecule has 4 atom stereocenters. The van der Waals surface area contributed by atoms with E-state index in [-0.39, 0.29) is 24.3 Å². The number of aliphatic hydroxyl groups is 1. The number of morpholine rings is 1. The number of rotatable bonds is 1. The van der Waals surface area contributed by atoms with Crippen LogP contribution in [-0.4, -0.2) is 54.2 Å². The summed E-state index contributed by atoms with van der Waals surface area (Å²) in [7, 11) is 0. The second kappa shape index (κ2) is 4.57. The first-order valence-corrected chi connectivity index (χ1v) is 5.69. The standard InChI is InChI=1S/C10H19N3O3/c1-6-5-13(10(15)12-9(6)14)8-4-11-3-7(2)16-8/h6-9,11,14H,3-5H2,1-2H3,(H,12,15). The maximum atomic E-state index is 11.7. The maximum absolute atomic E-state index is 11.7. The lowest BCUT2D eigenvalue weighted by molar-refractivity contribution is -0.110. The fourth-order valence-electron chi connectivity index (χ4n) is 2.05. The Morgan fingerprint density at radius 2 is 2.19 bits per heavy atom. The molecule has 2 aliphatic rings. The van der Waals surface area contributed by atoms with Crippen molar-refractivity contribution in [1.82, 2.24) is 15.5 Å². The van der Waals surface area contributed by atoms with Gasteiger partial charge in [-0.2, -0.15) is 0 Å². The third-order valence-corrected chi connectivity index (χ3v) is 3.04. The Balaban J connectivity index is 2.00. The average Bonchev–Trinajstić information content (AvgIpc) is 2.23. The van der Waals surface area contributed by atoms with Gasteiger partial charge in [0.2, 0.25) is 0 Å². The van der Waals surface area contributed by atoms with Gasteiger partial charge in [0.15, 0.2) is 0 Å². The van der Waals surface area contributed by atoms with Crippen molar-refractivity contribution in [3.8, 4) is 0 Å². The Hall–Kier alpha value is -0.850. The van der Waals surface area contributed by atoms with Crippen LogP contribution in [0.2, 0.25) is 0 Å². The molecule has 2 amide bonds. The van der Waals surface area contributed by atoms with E-state index in [1.54, 1.807) is 4.90 Å². The predicted molar refractivity (Wildman–Crippen MR) is 57.6 cm³/mol. The Morgan fingerprint density at radius 1 is 1.44 bits per heavy atom. The van der Waals surface area contributed by atoms with Crippen molar-refractivity contribution in [2.45, 2.75) is 32.4 Å². The molecule has 2 saturated heterocycles. The molecule has 0 aromatic carbocycles. The largest absolute Gasteiger partial charge is 0.373 e. The summed E-state index contributed by atoms with van der Waals surface area (Å²) in [6.07, 6.45) is -0.884. The van der Waals surface area contributed by atoms with Gasteiger partial charge in [-0.05, 0) is 6.92 Å². The van der Waals surface area contributed by atoms with Gasteiger partial charge in [-0.1, -0.05) is 6.92 Å². The van der Waals surface area contributed by atoms with Gasteiger partial charge in [0.1, 0.15) is 12.5 Å². The van der Waals surface area contributed by atoms with Crippen LogP contribution in [-0.2, 0) is 4.74 Å². The molecule has 0 aromatic rings. The molecule has 2 heterocycles. The Morgan fingerprint density at radius 3 is 2.88 bits per heavy atom. The number of ether oxygens (including phenoxy) is 1. The Labute approximate surface area is 94.9 Å². The first-order valence-electron chi connectivity index (χ1n) is 5.69. The van der Waals surface area contributed by atoms with E-state index >= 15 is 0 Å². The summed E-state index contributed by atoms with van der Waals surface area (Å²) in [5, 5.41) is 15.2. The van der Waals surface area contributed by atoms with E-state index in [0.29, 0.717) is 13.1 Å². The van der Waals surface area contributed by atoms with Crippen LogP contribution in [0, 0.1) is 5.92 Å². The minimum Gasteiger partial charge on any atom is -0.373 e. The number of carbonyl (C=O) groups excluding carboxylic acids is 1. The van der Waals surface area contributed by atoms with E-state index in [0.717, 1.165) is 6.54 Å². The number of carbonyl (C=O) groups is 1. The molecule has 16 heavy (non-hydrogen) atoms. The third kappa shape index (κ3) is 2.28. The molecule has 3 N–H and O–H groups in total. The second-order valence-corrected chi connectivity index (χ2v) is 4.58. The zero-order chi connectivity index (χ0) is 11.7. The summed E-state index contributed by atoms with van der Waals surface area (Å²) in [4.78, 5) is 13.3. The number of hydrogen-bond donors (Lipinski definition) is 3. The molecule has 6 heteroatoms. The second-order valence-electron chi connectivity index (χ2n) is 4.58. The lowest BCUT2D eigenvalue weighted by Crippen LogP contribution is -2.63. The molecule has 0 aliphatic carbocycles. The van der Waals surface area contributed by atoms with Crippen molar-refractivity contribution in [3.63, 3.8) is 0 Å². The van der Waals surface area contributed by atoms with Crippen LogP contribution < -0.4 is 10.6 Å². The van der Waals surface area contributed by atoms with Crippen LogP contribution in [0.5, 0.6) is 0 Å². The summed E-state index contributed by atoms with van der Waals surface area (Å²) in [6.45, 7) is 5.84. The van der Waals surface area contributed by atoms with E-state index in [9.17, 15) is 9.90 Å². The highest BCUT2D eigenvalue weighted by molar-refractivity contribution is 5.75. The number of nitrogens with one attached hydrogen (secondary N) is 2. The van der Waals surface area contributed by atoms with Crippen LogP contribution in [0.15, 0.2) is 0 Å². The third-order valence-electron chi connectivity index (χ3n) is 3.04. The van der Waals surface area contributed by atoms with Crippen LogP contribution in [0.25, 0.3) is 0 Å². The Bertz CT molecular complexity index is 274. The number of urea groups is 1. The highest BCUT2D eigenvalue weighted by Gasteiger charge is 2.35. The van der Waals surface area contributed by atoms with Gasteiger partial charge in [0.25, 0.3) is 0 Å². The molecule has 0 saturated carbocycles.